The van der Waals surface area contributed by atoms with Crippen LogP contribution in [0.25, 0.3) is 0 Å². The third-order valence-corrected chi connectivity index (χ3v) is 4.11. The van der Waals surface area contributed by atoms with Gasteiger partial charge in [0.1, 0.15) is 5.82 Å². The number of hydrogen-bond acceptors (Lipinski definition) is 3. The van der Waals surface area contributed by atoms with Gasteiger partial charge in [0, 0.05) is 38.6 Å². The molecule has 116 valence electrons. The molecular formula is C18H22FN3. The van der Waals surface area contributed by atoms with Gasteiger partial charge in [-0.2, -0.15) is 0 Å². The molecule has 1 N–H and O–H groups in total. The topological polar surface area (TPSA) is 28.2 Å². The summed E-state index contributed by atoms with van der Waals surface area (Å²) in [5, 5.41) is 3.40. The fourth-order valence-corrected chi connectivity index (χ4v) is 2.90. The van der Waals surface area contributed by atoms with Crippen LogP contribution in [-0.2, 0) is 13.1 Å². The summed E-state index contributed by atoms with van der Waals surface area (Å²) in [5.74, 6) is -0.111. The molecule has 1 aromatic carbocycles. The van der Waals surface area contributed by atoms with E-state index in [1.807, 2.05) is 24.3 Å². The monoisotopic (exact) mass is 299 g/mol. The molecular weight excluding hydrogens is 277 g/mol. The molecule has 2 heterocycles. The minimum absolute atomic E-state index is 0.111. The second kappa shape index (κ2) is 7.36. The van der Waals surface area contributed by atoms with E-state index in [-0.39, 0.29) is 5.82 Å². The van der Waals surface area contributed by atoms with Gasteiger partial charge in [0.05, 0.1) is 5.69 Å². The fraction of sp³-hybridized carbons (Fsp3) is 0.389. The molecule has 1 aliphatic rings. The number of anilines is 1. The Hall–Kier alpha value is -1.94. The number of halogens is 1. The number of benzene rings is 1. The van der Waals surface area contributed by atoms with Gasteiger partial charge in [-0.15, -0.1) is 0 Å². The standard InChI is InChI=1S/C18H22FN3/c19-17-5-4-16(12-18(17)22-10-2-1-3-11-22)14-21-13-15-6-8-20-9-7-15/h4-9,12,21H,1-3,10-11,13-14H2. The van der Waals surface area contributed by atoms with Crippen molar-refractivity contribution < 1.29 is 4.39 Å². The van der Waals surface area contributed by atoms with Crippen LogP contribution in [0, 0.1) is 5.82 Å². The first-order chi connectivity index (χ1) is 10.8. The minimum atomic E-state index is -0.111. The Balaban J connectivity index is 1.61. The highest BCUT2D eigenvalue weighted by Gasteiger charge is 2.15. The Morgan fingerprint density at radius 2 is 1.68 bits per heavy atom. The smallest absolute Gasteiger partial charge is 0.146 e. The summed E-state index contributed by atoms with van der Waals surface area (Å²) in [4.78, 5) is 6.18. The number of piperidine rings is 1. The van der Waals surface area contributed by atoms with Gasteiger partial charge in [-0.05, 0) is 54.7 Å². The van der Waals surface area contributed by atoms with E-state index in [0.717, 1.165) is 50.3 Å². The van der Waals surface area contributed by atoms with Crippen LogP contribution < -0.4 is 10.2 Å². The van der Waals surface area contributed by atoms with E-state index in [0.29, 0.717) is 0 Å². The Morgan fingerprint density at radius 1 is 0.955 bits per heavy atom. The average Bonchev–Trinajstić information content (AvgIpc) is 2.58. The molecule has 0 unspecified atom stereocenters. The van der Waals surface area contributed by atoms with Crippen LogP contribution in [0.1, 0.15) is 30.4 Å². The lowest BCUT2D eigenvalue weighted by molar-refractivity contribution is 0.556. The first-order valence-electron chi connectivity index (χ1n) is 7.96. The zero-order chi connectivity index (χ0) is 15.2. The Labute approximate surface area is 131 Å². The van der Waals surface area contributed by atoms with Crippen molar-refractivity contribution in [2.24, 2.45) is 0 Å². The number of hydrogen-bond donors (Lipinski definition) is 1. The first-order valence-corrected chi connectivity index (χ1v) is 7.96. The number of nitrogens with one attached hydrogen (secondary N) is 1. The van der Waals surface area contributed by atoms with Gasteiger partial charge < -0.3 is 10.2 Å². The van der Waals surface area contributed by atoms with Crippen molar-refractivity contribution in [3.63, 3.8) is 0 Å². The maximum Gasteiger partial charge on any atom is 0.146 e. The van der Waals surface area contributed by atoms with Crippen molar-refractivity contribution >= 4 is 5.69 Å². The van der Waals surface area contributed by atoms with Crippen molar-refractivity contribution in [3.8, 4) is 0 Å². The largest absolute Gasteiger partial charge is 0.369 e. The SMILES string of the molecule is Fc1ccc(CNCc2ccncc2)cc1N1CCCCC1. The summed E-state index contributed by atoms with van der Waals surface area (Å²) in [6, 6.07) is 9.43. The highest BCUT2D eigenvalue weighted by atomic mass is 19.1. The second-order valence-corrected chi connectivity index (χ2v) is 5.79. The highest BCUT2D eigenvalue weighted by Crippen LogP contribution is 2.24. The van der Waals surface area contributed by atoms with Gasteiger partial charge in [0.15, 0.2) is 0 Å². The molecule has 22 heavy (non-hydrogen) atoms. The molecule has 2 aromatic rings. The molecule has 1 aliphatic heterocycles. The molecule has 0 radical (unpaired) electrons. The summed E-state index contributed by atoms with van der Waals surface area (Å²) >= 11 is 0. The van der Waals surface area contributed by atoms with E-state index in [2.05, 4.69) is 15.2 Å². The maximum absolute atomic E-state index is 14.1. The number of pyridine rings is 1. The zero-order valence-corrected chi connectivity index (χ0v) is 12.8. The predicted octanol–water partition coefficient (Wildman–Crippen LogP) is 3.50. The van der Waals surface area contributed by atoms with Crippen LogP contribution in [0.5, 0.6) is 0 Å². The molecule has 0 spiro atoms. The van der Waals surface area contributed by atoms with Gasteiger partial charge >= 0.3 is 0 Å². The number of rotatable bonds is 5. The van der Waals surface area contributed by atoms with Crippen molar-refractivity contribution in [1.29, 1.82) is 0 Å². The fourth-order valence-electron chi connectivity index (χ4n) is 2.90. The van der Waals surface area contributed by atoms with Crippen LogP contribution in [-0.4, -0.2) is 18.1 Å². The minimum Gasteiger partial charge on any atom is -0.369 e. The molecule has 3 rings (SSSR count). The van der Waals surface area contributed by atoms with Crippen molar-refractivity contribution in [2.45, 2.75) is 32.4 Å². The first kappa shape index (κ1) is 15.0. The number of nitrogens with zero attached hydrogens (tertiary/aromatic N) is 2. The lowest BCUT2D eigenvalue weighted by Gasteiger charge is -2.29. The van der Waals surface area contributed by atoms with Gasteiger partial charge in [-0.25, -0.2) is 4.39 Å². The molecule has 1 aromatic heterocycles. The van der Waals surface area contributed by atoms with E-state index in [4.69, 9.17) is 0 Å². The summed E-state index contributed by atoms with van der Waals surface area (Å²) in [5.41, 5.74) is 3.08. The average molecular weight is 299 g/mol. The Morgan fingerprint density at radius 3 is 2.45 bits per heavy atom. The predicted molar refractivity (Wildman–Crippen MR) is 87.2 cm³/mol. The summed E-state index contributed by atoms with van der Waals surface area (Å²) in [6.07, 6.45) is 7.16. The Bertz CT molecular complexity index is 595. The van der Waals surface area contributed by atoms with Crippen molar-refractivity contribution in [3.05, 3.63) is 59.7 Å². The summed E-state index contributed by atoms with van der Waals surface area (Å²) in [7, 11) is 0. The normalized spacial score (nSPS) is 15.0. The zero-order valence-electron chi connectivity index (χ0n) is 12.8. The van der Waals surface area contributed by atoms with E-state index in [1.165, 1.54) is 12.0 Å². The third kappa shape index (κ3) is 3.83. The lowest BCUT2D eigenvalue weighted by Crippen LogP contribution is -2.30. The van der Waals surface area contributed by atoms with E-state index in [1.54, 1.807) is 18.5 Å². The van der Waals surface area contributed by atoms with Crippen LogP contribution in [0.3, 0.4) is 0 Å². The number of aromatic nitrogens is 1. The third-order valence-electron chi connectivity index (χ3n) is 4.11. The van der Waals surface area contributed by atoms with Gasteiger partial charge in [-0.3, -0.25) is 4.98 Å². The van der Waals surface area contributed by atoms with Gasteiger partial charge in [-0.1, -0.05) is 6.07 Å². The van der Waals surface area contributed by atoms with Crippen LogP contribution in [0.4, 0.5) is 10.1 Å². The highest BCUT2D eigenvalue weighted by molar-refractivity contribution is 5.50. The van der Waals surface area contributed by atoms with Gasteiger partial charge in [0.25, 0.3) is 0 Å². The molecule has 4 heteroatoms. The summed E-state index contributed by atoms with van der Waals surface area (Å²) < 4.78 is 14.1. The molecule has 0 saturated carbocycles. The quantitative estimate of drug-likeness (QED) is 0.916. The molecule has 1 fully saturated rings. The second-order valence-electron chi connectivity index (χ2n) is 5.79. The van der Waals surface area contributed by atoms with Gasteiger partial charge in [0.2, 0.25) is 0 Å². The lowest BCUT2D eigenvalue weighted by atomic mass is 10.1. The van der Waals surface area contributed by atoms with Crippen molar-refractivity contribution in [1.82, 2.24) is 10.3 Å². The molecule has 3 nitrogen and oxygen atoms in total. The van der Waals surface area contributed by atoms with E-state index >= 15 is 0 Å². The molecule has 0 amide bonds. The van der Waals surface area contributed by atoms with E-state index in [9.17, 15) is 4.39 Å². The van der Waals surface area contributed by atoms with E-state index < -0.39 is 0 Å². The van der Waals surface area contributed by atoms with Crippen LogP contribution in [0.2, 0.25) is 0 Å². The van der Waals surface area contributed by atoms with Crippen LogP contribution >= 0.6 is 0 Å². The maximum atomic E-state index is 14.1. The molecule has 0 aliphatic carbocycles. The van der Waals surface area contributed by atoms with Crippen LogP contribution in [0.15, 0.2) is 42.7 Å². The van der Waals surface area contributed by atoms with Crippen molar-refractivity contribution in [2.75, 3.05) is 18.0 Å². The molecule has 0 atom stereocenters. The Kier molecular flexibility index (Phi) is 5.01. The molecule has 0 bridgehead atoms. The molecule has 1 saturated heterocycles. The summed E-state index contributed by atoms with van der Waals surface area (Å²) in [6.45, 7) is 3.46.